The minimum absolute atomic E-state index is 0.0810. The first-order valence-corrected chi connectivity index (χ1v) is 6.53. The van der Waals surface area contributed by atoms with Crippen LogP contribution in [0.5, 0.6) is 0 Å². The Balaban J connectivity index is 1.80. The number of likely N-dealkylation sites (N-methyl/N-ethyl adjacent to an activating group) is 1. The number of amides is 1. The number of aromatic nitrogens is 1. The van der Waals surface area contributed by atoms with Gasteiger partial charge in [-0.05, 0) is 14.0 Å². The van der Waals surface area contributed by atoms with Gasteiger partial charge in [0.05, 0.1) is 17.7 Å². The summed E-state index contributed by atoms with van der Waals surface area (Å²) in [5, 5.41) is 5.54. The van der Waals surface area contributed by atoms with Crippen molar-refractivity contribution >= 4 is 17.2 Å². The van der Waals surface area contributed by atoms with Gasteiger partial charge in [0, 0.05) is 25.0 Å². The second-order valence-corrected chi connectivity index (χ2v) is 5.28. The maximum Gasteiger partial charge on any atom is 0.270 e. The Hall–Kier alpha value is -0.980. The summed E-state index contributed by atoms with van der Waals surface area (Å²) < 4.78 is 5.57. The third-order valence-corrected chi connectivity index (χ3v) is 3.46. The van der Waals surface area contributed by atoms with E-state index in [4.69, 9.17) is 4.74 Å². The zero-order valence-electron chi connectivity index (χ0n) is 10.1. The van der Waals surface area contributed by atoms with Gasteiger partial charge in [0.25, 0.3) is 5.91 Å². The number of nitrogens with zero attached hydrogens (tertiary/aromatic N) is 2. The lowest BCUT2D eigenvalue weighted by Crippen LogP contribution is -2.45. The van der Waals surface area contributed by atoms with Crippen LogP contribution in [0.2, 0.25) is 0 Å². The van der Waals surface area contributed by atoms with Crippen molar-refractivity contribution in [1.82, 2.24) is 15.2 Å². The van der Waals surface area contributed by atoms with E-state index >= 15 is 0 Å². The zero-order valence-corrected chi connectivity index (χ0v) is 10.9. The number of nitrogens with one attached hydrogen (secondary N) is 1. The molecule has 1 atom stereocenters. The SMILES string of the molecule is Cc1nc(C(=O)NCC2CN(C)CCO2)cs1. The van der Waals surface area contributed by atoms with Crippen LogP contribution < -0.4 is 5.32 Å². The molecule has 94 valence electrons. The van der Waals surface area contributed by atoms with Gasteiger partial charge in [-0.3, -0.25) is 4.79 Å². The van der Waals surface area contributed by atoms with Crippen LogP contribution in [-0.4, -0.2) is 55.2 Å². The second kappa shape index (κ2) is 5.57. The number of carbonyl (C=O) groups is 1. The van der Waals surface area contributed by atoms with Gasteiger partial charge in [0.1, 0.15) is 5.69 Å². The molecule has 1 aliphatic heterocycles. The number of hydrogen-bond donors (Lipinski definition) is 1. The van der Waals surface area contributed by atoms with Crippen LogP contribution in [0.4, 0.5) is 0 Å². The lowest BCUT2D eigenvalue weighted by molar-refractivity contribution is -0.0175. The summed E-state index contributed by atoms with van der Waals surface area (Å²) in [4.78, 5) is 18.1. The molecule has 5 nitrogen and oxygen atoms in total. The number of thiazole rings is 1. The van der Waals surface area contributed by atoms with E-state index in [1.165, 1.54) is 11.3 Å². The van der Waals surface area contributed by atoms with Crippen molar-refractivity contribution in [2.45, 2.75) is 13.0 Å². The van der Waals surface area contributed by atoms with Gasteiger partial charge in [0.15, 0.2) is 0 Å². The molecule has 0 bridgehead atoms. The molecule has 0 aliphatic carbocycles. The van der Waals surface area contributed by atoms with Crippen molar-refractivity contribution in [2.24, 2.45) is 0 Å². The van der Waals surface area contributed by atoms with E-state index in [0.29, 0.717) is 12.2 Å². The first-order valence-electron chi connectivity index (χ1n) is 5.65. The number of hydrogen-bond acceptors (Lipinski definition) is 5. The summed E-state index contributed by atoms with van der Waals surface area (Å²) in [6.45, 7) is 4.97. The maximum atomic E-state index is 11.7. The van der Waals surface area contributed by atoms with E-state index in [1.807, 2.05) is 6.92 Å². The fourth-order valence-corrected chi connectivity index (χ4v) is 2.35. The van der Waals surface area contributed by atoms with Gasteiger partial charge >= 0.3 is 0 Å². The van der Waals surface area contributed by atoms with Crippen molar-refractivity contribution in [3.63, 3.8) is 0 Å². The summed E-state index contributed by atoms with van der Waals surface area (Å²) in [6, 6.07) is 0. The van der Waals surface area contributed by atoms with Crippen LogP contribution >= 0.6 is 11.3 Å². The minimum Gasteiger partial charge on any atom is -0.374 e. The first kappa shape index (κ1) is 12.5. The Labute approximate surface area is 105 Å². The van der Waals surface area contributed by atoms with Gasteiger partial charge in [-0.25, -0.2) is 4.98 Å². The monoisotopic (exact) mass is 255 g/mol. The van der Waals surface area contributed by atoms with Crippen LogP contribution in [0, 0.1) is 6.92 Å². The average molecular weight is 255 g/mol. The molecule has 0 aromatic carbocycles. The van der Waals surface area contributed by atoms with Crippen LogP contribution in [-0.2, 0) is 4.74 Å². The van der Waals surface area contributed by atoms with Gasteiger partial charge in [-0.15, -0.1) is 11.3 Å². The highest BCUT2D eigenvalue weighted by atomic mass is 32.1. The van der Waals surface area contributed by atoms with Crippen LogP contribution in [0.15, 0.2) is 5.38 Å². The summed E-state index contributed by atoms with van der Waals surface area (Å²) in [6.07, 6.45) is 0.0810. The van der Waals surface area contributed by atoms with Crippen LogP contribution in [0.25, 0.3) is 0 Å². The molecular formula is C11H17N3O2S. The Bertz CT molecular complexity index is 394. The molecule has 1 saturated heterocycles. The summed E-state index contributed by atoms with van der Waals surface area (Å²) in [5.74, 6) is -0.119. The number of ether oxygens (including phenoxy) is 1. The fourth-order valence-electron chi connectivity index (χ4n) is 1.76. The summed E-state index contributed by atoms with van der Waals surface area (Å²) in [5.41, 5.74) is 0.497. The van der Waals surface area contributed by atoms with Crippen molar-refractivity contribution < 1.29 is 9.53 Å². The van der Waals surface area contributed by atoms with E-state index in [2.05, 4.69) is 22.2 Å². The Morgan fingerprint density at radius 2 is 2.59 bits per heavy atom. The third kappa shape index (κ3) is 3.49. The van der Waals surface area contributed by atoms with Gasteiger partial charge in [-0.1, -0.05) is 0 Å². The van der Waals surface area contributed by atoms with Crippen LogP contribution in [0.1, 0.15) is 15.5 Å². The first-order chi connectivity index (χ1) is 8.15. The minimum atomic E-state index is -0.119. The number of carbonyl (C=O) groups excluding carboxylic acids is 1. The van der Waals surface area contributed by atoms with Gasteiger partial charge in [0.2, 0.25) is 0 Å². The highest BCUT2D eigenvalue weighted by Crippen LogP contribution is 2.08. The lowest BCUT2D eigenvalue weighted by atomic mass is 10.3. The highest BCUT2D eigenvalue weighted by molar-refractivity contribution is 7.09. The molecule has 6 heteroatoms. The lowest BCUT2D eigenvalue weighted by Gasteiger charge is -2.29. The smallest absolute Gasteiger partial charge is 0.270 e. The van der Waals surface area contributed by atoms with Crippen molar-refractivity contribution in [1.29, 1.82) is 0 Å². The predicted molar refractivity (Wildman–Crippen MR) is 66.4 cm³/mol. The average Bonchev–Trinajstić information content (AvgIpc) is 2.73. The topological polar surface area (TPSA) is 54.5 Å². The standard InChI is InChI=1S/C11H17N3O2S/c1-8-13-10(7-17-8)11(15)12-5-9-6-14(2)3-4-16-9/h7,9H,3-6H2,1-2H3,(H,12,15). The van der Waals surface area contributed by atoms with Crippen molar-refractivity contribution in [2.75, 3.05) is 33.3 Å². The number of rotatable bonds is 3. The molecule has 1 unspecified atom stereocenters. The Kier molecular flexibility index (Phi) is 4.09. The van der Waals surface area contributed by atoms with Crippen molar-refractivity contribution in [3.05, 3.63) is 16.1 Å². The van der Waals surface area contributed by atoms with Crippen LogP contribution in [0.3, 0.4) is 0 Å². The second-order valence-electron chi connectivity index (χ2n) is 4.22. The summed E-state index contributed by atoms with van der Waals surface area (Å²) >= 11 is 1.48. The Morgan fingerprint density at radius 1 is 1.76 bits per heavy atom. The molecule has 1 aliphatic rings. The molecule has 2 heterocycles. The molecule has 2 rings (SSSR count). The normalized spacial score (nSPS) is 21.4. The van der Waals surface area contributed by atoms with E-state index in [-0.39, 0.29) is 12.0 Å². The van der Waals surface area contributed by atoms with Gasteiger partial charge < -0.3 is 15.0 Å². The third-order valence-electron chi connectivity index (χ3n) is 2.68. The quantitative estimate of drug-likeness (QED) is 0.855. The van der Waals surface area contributed by atoms with Crippen molar-refractivity contribution in [3.8, 4) is 0 Å². The fraction of sp³-hybridized carbons (Fsp3) is 0.636. The van der Waals surface area contributed by atoms with E-state index in [9.17, 15) is 4.79 Å². The molecule has 1 fully saturated rings. The predicted octanol–water partition coefficient (Wildman–Crippen LogP) is 0.512. The molecular weight excluding hydrogens is 238 g/mol. The van der Waals surface area contributed by atoms with E-state index in [1.54, 1.807) is 5.38 Å². The van der Waals surface area contributed by atoms with E-state index in [0.717, 1.165) is 24.7 Å². The molecule has 1 amide bonds. The molecule has 0 spiro atoms. The molecule has 0 radical (unpaired) electrons. The number of morpholine rings is 1. The molecule has 1 aromatic rings. The highest BCUT2D eigenvalue weighted by Gasteiger charge is 2.19. The molecule has 1 N–H and O–H groups in total. The Morgan fingerprint density at radius 3 is 3.24 bits per heavy atom. The largest absolute Gasteiger partial charge is 0.374 e. The molecule has 1 aromatic heterocycles. The summed E-state index contributed by atoms with van der Waals surface area (Å²) in [7, 11) is 2.06. The zero-order chi connectivity index (χ0) is 12.3. The molecule has 17 heavy (non-hydrogen) atoms. The molecule has 0 saturated carbocycles. The maximum absolute atomic E-state index is 11.7. The number of aryl methyl sites for hydroxylation is 1. The van der Waals surface area contributed by atoms with Gasteiger partial charge in [-0.2, -0.15) is 0 Å². The van der Waals surface area contributed by atoms with E-state index < -0.39 is 0 Å².